The van der Waals surface area contributed by atoms with Crippen LogP contribution in [0, 0.1) is 0 Å². The molecule has 1 saturated heterocycles. The molecule has 3 rings (SSSR count). The number of nitrogens with zero attached hydrogens (tertiary/aromatic N) is 2. The van der Waals surface area contributed by atoms with Crippen molar-refractivity contribution in [1.82, 2.24) is 9.78 Å². The highest BCUT2D eigenvalue weighted by atomic mass is 16.5. The normalized spacial score (nSPS) is 26.6. The van der Waals surface area contributed by atoms with Gasteiger partial charge >= 0.3 is 0 Å². The fourth-order valence-corrected chi connectivity index (χ4v) is 3.32. The van der Waals surface area contributed by atoms with E-state index >= 15 is 0 Å². The molecule has 4 nitrogen and oxygen atoms in total. The fourth-order valence-electron chi connectivity index (χ4n) is 3.32. The Morgan fingerprint density at radius 1 is 1.50 bits per heavy atom. The third-order valence-electron chi connectivity index (χ3n) is 4.36. The molecule has 0 aromatic carbocycles. The van der Waals surface area contributed by atoms with Crippen molar-refractivity contribution in [2.45, 2.75) is 57.1 Å². The van der Waals surface area contributed by atoms with E-state index in [0.29, 0.717) is 11.6 Å². The summed E-state index contributed by atoms with van der Waals surface area (Å²) in [6, 6.07) is 0.393. The molecule has 18 heavy (non-hydrogen) atoms. The van der Waals surface area contributed by atoms with Crippen LogP contribution in [0.4, 0.5) is 0 Å². The summed E-state index contributed by atoms with van der Waals surface area (Å²) < 4.78 is 8.00. The largest absolute Gasteiger partial charge is 0.375 e. The van der Waals surface area contributed by atoms with Gasteiger partial charge in [0.2, 0.25) is 0 Å². The predicted octanol–water partition coefficient (Wildman–Crippen LogP) is 2.75. The molecule has 2 fully saturated rings. The lowest BCUT2D eigenvalue weighted by molar-refractivity contribution is -0.0909. The molecule has 1 saturated carbocycles. The molecule has 1 aliphatic carbocycles. The summed E-state index contributed by atoms with van der Waals surface area (Å²) in [4.78, 5) is 11.3. The van der Waals surface area contributed by atoms with Gasteiger partial charge in [0.1, 0.15) is 0 Å². The molecule has 0 N–H and O–H groups in total. The van der Waals surface area contributed by atoms with Crippen LogP contribution in [-0.4, -0.2) is 27.8 Å². The zero-order chi connectivity index (χ0) is 12.6. The lowest BCUT2D eigenvalue weighted by Crippen LogP contribution is -2.38. The van der Waals surface area contributed by atoms with Gasteiger partial charge in [0.25, 0.3) is 0 Å². The standard InChI is InChI=1S/C14H20N2O2/c1-11(17)12-9-15-16(10-12)13-4-7-18-14(8-13)5-2-3-6-14/h9-10,13H,2-8H2,1H3. The van der Waals surface area contributed by atoms with E-state index in [1.165, 1.54) is 25.7 Å². The molecule has 0 radical (unpaired) electrons. The van der Waals surface area contributed by atoms with Gasteiger partial charge in [0.15, 0.2) is 5.78 Å². The van der Waals surface area contributed by atoms with Gasteiger partial charge in [-0.05, 0) is 32.6 Å². The Kier molecular flexibility index (Phi) is 2.98. The lowest BCUT2D eigenvalue weighted by atomic mass is 9.89. The number of hydrogen-bond acceptors (Lipinski definition) is 3. The van der Waals surface area contributed by atoms with E-state index in [4.69, 9.17) is 4.74 Å². The quantitative estimate of drug-likeness (QED) is 0.756. The number of aromatic nitrogens is 2. The molecule has 1 spiro atoms. The Morgan fingerprint density at radius 2 is 2.28 bits per heavy atom. The summed E-state index contributed by atoms with van der Waals surface area (Å²) in [7, 11) is 0. The van der Waals surface area contributed by atoms with Crippen LogP contribution in [0.15, 0.2) is 12.4 Å². The first-order valence-corrected chi connectivity index (χ1v) is 6.88. The van der Waals surface area contributed by atoms with Crippen molar-refractivity contribution >= 4 is 5.78 Å². The highest BCUT2D eigenvalue weighted by Crippen LogP contribution is 2.43. The molecule has 1 aromatic rings. The number of carbonyl (C=O) groups is 1. The van der Waals surface area contributed by atoms with E-state index < -0.39 is 0 Å². The van der Waals surface area contributed by atoms with E-state index in [0.717, 1.165) is 19.4 Å². The van der Waals surface area contributed by atoms with E-state index in [9.17, 15) is 4.79 Å². The van der Waals surface area contributed by atoms with Crippen LogP contribution >= 0.6 is 0 Å². The van der Waals surface area contributed by atoms with Crippen molar-refractivity contribution in [3.05, 3.63) is 18.0 Å². The summed E-state index contributed by atoms with van der Waals surface area (Å²) in [6.45, 7) is 2.41. The van der Waals surface area contributed by atoms with Crippen LogP contribution in [0.25, 0.3) is 0 Å². The smallest absolute Gasteiger partial charge is 0.162 e. The maximum absolute atomic E-state index is 11.3. The minimum atomic E-state index is 0.0869. The maximum Gasteiger partial charge on any atom is 0.162 e. The van der Waals surface area contributed by atoms with E-state index in [-0.39, 0.29) is 11.4 Å². The molecule has 1 atom stereocenters. The first kappa shape index (κ1) is 11.9. The van der Waals surface area contributed by atoms with Crippen LogP contribution in [-0.2, 0) is 4.74 Å². The van der Waals surface area contributed by atoms with Gasteiger partial charge < -0.3 is 4.74 Å². The fraction of sp³-hybridized carbons (Fsp3) is 0.714. The van der Waals surface area contributed by atoms with Crippen molar-refractivity contribution in [3.63, 3.8) is 0 Å². The van der Waals surface area contributed by atoms with Gasteiger partial charge in [-0.1, -0.05) is 12.8 Å². The molecule has 2 heterocycles. The SMILES string of the molecule is CC(=O)c1cnn(C2CCOC3(CCCC3)C2)c1. The van der Waals surface area contributed by atoms with E-state index in [1.54, 1.807) is 13.1 Å². The molecule has 4 heteroatoms. The first-order chi connectivity index (χ1) is 8.69. The van der Waals surface area contributed by atoms with Crippen molar-refractivity contribution in [1.29, 1.82) is 0 Å². The summed E-state index contributed by atoms with van der Waals surface area (Å²) in [5, 5.41) is 4.36. The number of hydrogen-bond donors (Lipinski definition) is 0. The minimum Gasteiger partial charge on any atom is -0.375 e. The van der Waals surface area contributed by atoms with E-state index in [2.05, 4.69) is 5.10 Å². The zero-order valence-electron chi connectivity index (χ0n) is 10.9. The molecule has 98 valence electrons. The van der Waals surface area contributed by atoms with Crippen LogP contribution in [0.1, 0.15) is 61.8 Å². The van der Waals surface area contributed by atoms with Crippen molar-refractivity contribution < 1.29 is 9.53 Å². The molecule has 1 aliphatic heterocycles. The zero-order valence-corrected chi connectivity index (χ0v) is 10.9. The predicted molar refractivity (Wildman–Crippen MR) is 67.7 cm³/mol. The maximum atomic E-state index is 11.3. The number of rotatable bonds is 2. The Morgan fingerprint density at radius 3 is 2.94 bits per heavy atom. The summed E-state index contributed by atoms with van der Waals surface area (Å²) in [6.07, 6.45) is 10.6. The second-order valence-corrected chi connectivity index (χ2v) is 5.65. The average Bonchev–Trinajstić information content (AvgIpc) is 2.98. The highest BCUT2D eigenvalue weighted by molar-refractivity contribution is 5.93. The van der Waals surface area contributed by atoms with Crippen molar-refractivity contribution in [3.8, 4) is 0 Å². The molecular weight excluding hydrogens is 228 g/mol. The summed E-state index contributed by atoms with van der Waals surface area (Å²) >= 11 is 0. The first-order valence-electron chi connectivity index (χ1n) is 6.88. The topological polar surface area (TPSA) is 44.1 Å². The van der Waals surface area contributed by atoms with Gasteiger partial charge in [-0.25, -0.2) is 0 Å². The molecule has 0 bridgehead atoms. The second-order valence-electron chi connectivity index (χ2n) is 5.65. The Labute approximate surface area is 107 Å². The minimum absolute atomic E-state index is 0.0869. The molecule has 1 unspecified atom stereocenters. The number of ether oxygens (including phenoxy) is 1. The van der Waals surface area contributed by atoms with Crippen LogP contribution in [0.5, 0.6) is 0 Å². The van der Waals surface area contributed by atoms with Gasteiger partial charge in [0, 0.05) is 12.8 Å². The van der Waals surface area contributed by atoms with Crippen molar-refractivity contribution in [2.24, 2.45) is 0 Å². The Hall–Kier alpha value is -1.16. The molecule has 0 amide bonds. The average molecular weight is 248 g/mol. The Balaban J connectivity index is 1.76. The second kappa shape index (κ2) is 4.50. The lowest BCUT2D eigenvalue weighted by Gasteiger charge is -2.38. The van der Waals surface area contributed by atoms with Gasteiger partial charge in [0.05, 0.1) is 23.4 Å². The van der Waals surface area contributed by atoms with Gasteiger partial charge in [-0.15, -0.1) is 0 Å². The number of Topliss-reactive ketones (excluding diaryl/α,β-unsaturated/α-hetero) is 1. The van der Waals surface area contributed by atoms with Crippen LogP contribution in [0.3, 0.4) is 0 Å². The monoisotopic (exact) mass is 248 g/mol. The summed E-state index contributed by atoms with van der Waals surface area (Å²) in [5.41, 5.74) is 0.813. The van der Waals surface area contributed by atoms with Crippen LogP contribution < -0.4 is 0 Å². The highest BCUT2D eigenvalue weighted by Gasteiger charge is 2.40. The number of ketones is 1. The van der Waals surface area contributed by atoms with E-state index in [1.807, 2.05) is 10.9 Å². The van der Waals surface area contributed by atoms with Crippen molar-refractivity contribution in [2.75, 3.05) is 6.61 Å². The third-order valence-corrected chi connectivity index (χ3v) is 4.36. The molecule has 2 aliphatic rings. The van der Waals surface area contributed by atoms with Crippen LogP contribution in [0.2, 0.25) is 0 Å². The number of carbonyl (C=O) groups excluding carboxylic acids is 1. The third kappa shape index (κ3) is 2.09. The Bertz CT molecular complexity index is 446. The summed E-state index contributed by atoms with van der Waals surface area (Å²) in [5.74, 6) is 0.0869. The molecular formula is C14H20N2O2. The van der Waals surface area contributed by atoms with Gasteiger partial charge in [-0.2, -0.15) is 5.10 Å². The van der Waals surface area contributed by atoms with Gasteiger partial charge in [-0.3, -0.25) is 9.48 Å². The molecule has 1 aromatic heterocycles.